The van der Waals surface area contributed by atoms with Crippen LogP contribution in [0.2, 0.25) is 0 Å². The van der Waals surface area contributed by atoms with Crippen molar-refractivity contribution in [1.29, 1.82) is 0 Å². The minimum absolute atomic E-state index is 0.240. The first kappa shape index (κ1) is 12.9. The molecule has 104 valence electrons. The molecule has 0 aliphatic heterocycles. The van der Waals surface area contributed by atoms with E-state index in [0.717, 1.165) is 17.4 Å². The molecule has 19 heavy (non-hydrogen) atoms. The number of rotatable bonds is 5. The van der Waals surface area contributed by atoms with Crippen molar-refractivity contribution < 1.29 is 9.13 Å². The van der Waals surface area contributed by atoms with Crippen LogP contribution in [0.4, 0.5) is 4.39 Å². The number of halogens is 1. The Morgan fingerprint density at radius 2 is 2.21 bits per heavy atom. The molecular weight excluding hydrogens is 241 g/mol. The van der Waals surface area contributed by atoms with Gasteiger partial charge in [0, 0.05) is 6.54 Å². The number of benzene rings is 1. The third-order valence-corrected chi connectivity index (χ3v) is 4.71. The molecule has 1 N–H and O–H groups in total. The van der Waals surface area contributed by atoms with Crippen LogP contribution < -0.4 is 10.1 Å². The Morgan fingerprint density at radius 1 is 1.32 bits per heavy atom. The lowest BCUT2D eigenvalue weighted by molar-refractivity contribution is 0.189. The lowest BCUT2D eigenvalue weighted by Crippen LogP contribution is -2.18. The number of fused-ring (bicyclic) bond motifs is 2. The van der Waals surface area contributed by atoms with E-state index in [4.69, 9.17) is 4.74 Å². The molecule has 1 aromatic carbocycles. The van der Waals surface area contributed by atoms with Crippen molar-refractivity contribution in [2.45, 2.75) is 32.2 Å². The maximum absolute atomic E-state index is 13.9. The van der Waals surface area contributed by atoms with E-state index in [0.29, 0.717) is 24.8 Å². The van der Waals surface area contributed by atoms with Crippen LogP contribution in [0.25, 0.3) is 0 Å². The average molecular weight is 263 g/mol. The molecule has 3 rings (SSSR count). The van der Waals surface area contributed by atoms with Crippen LogP contribution >= 0.6 is 0 Å². The zero-order chi connectivity index (χ0) is 13.2. The Kier molecular flexibility index (Phi) is 3.74. The van der Waals surface area contributed by atoms with Gasteiger partial charge in [-0.25, -0.2) is 4.39 Å². The molecule has 0 saturated heterocycles. The maximum Gasteiger partial charge on any atom is 0.165 e. The van der Waals surface area contributed by atoms with Crippen LogP contribution in [0.3, 0.4) is 0 Å². The summed E-state index contributed by atoms with van der Waals surface area (Å²) in [6.07, 6.45) is 5.40. The number of hydrogen-bond acceptors (Lipinski definition) is 2. The lowest BCUT2D eigenvalue weighted by Gasteiger charge is -2.21. The molecule has 2 saturated carbocycles. The third kappa shape index (κ3) is 2.76. The second-order valence-corrected chi connectivity index (χ2v) is 6.04. The molecule has 2 nitrogen and oxygen atoms in total. The van der Waals surface area contributed by atoms with Gasteiger partial charge >= 0.3 is 0 Å². The predicted molar refractivity (Wildman–Crippen MR) is 73.6 cm³/mol. The minimum Gasteiger partial charge on any atom is -0.490 e. The molecule has 2 aliphatic rings. The van der Waals surface area contributed by atoms with E-state index >= 15 is 0 Å². The standard InChI is InChI=1S/C16H22FNO/c1-18-9-12-3-5-16(15(17)8-12)19-10-14-7-11-2-4-13(14)6-11/h3,5,8,11,13-14,18H,2,4,6-7,9-10H2,1H3. The van der Waals surface area contributed by atoms with Gasteiger partial charge in [-0.15, -0.1) is 0 Å². The fourth-order valence-electron chi connectivity index (χ4n) is 3.75. The fourth-order valence-corrected chi connectivity index (χ4v) is 3.75. The van der Waals surface area contributed by atoms with E-state index in [9.17, 15) is 4.39 Å². The van der Waals surface area contributed by atoms with Crippen molar-refractivity contribution in [2.24, 2.45) is 17.8 Å². The van der Waals surface area contributed by atoms with Gasteiger partial charge in [0.05, 0.1) is 6.61 Å². The molecule has 3 heteroatoms. The molecule has 0 amide bonds. The van der Waals surface area contributed by atoms with Crippen LogP contribution in [0.15, 0.2) is 18.2 Å². The summed E-state index contributed by atoms with van der Waals surface area (Å²) < 4.78 is 19.6. The molecule has 0 spiro atoms. The Hall–Kier alpha value is -1.09. The second-order valence-electron chi connectivity index (χ2n) is 6.04. The molecule has 1 aromatic rings. The van der Waals surface area contributed by atoms with E-state index in [1.165, 1.54) is 25.7 Å². The first-order valence-corrected chi connectivity index (χ1v) is 7.32. The third-order valence-electron chi connectivity index (χ3n) is 4.71. The largest absolute Gasteiger partial charge is 0.490 e. The normalized spacial score (nSPS) is 28.8. The van der Waals surface area contributed by atoms with Crippen molar-refractivity contribution >= 4 is 0 Å². The SMILES string of the molecule is CNCc1ccc(OCC2CC3CCC2C3)c(F)c1. The quantitative estimate of drug-likeness (QED) is 0.879. The zero-order valence-corrected chi connectivity index (χ0v) is 11.5. The number of nitrogens with one attached hydrogen (secondary N) is 1. The highest BCUT2D eigenvalue weighted by molar-refractivity contribution is 5.29. The van der Waals surface area contributed by atoms with Gasteiger partial charge in [-0.2, -0.15) is 0 Å². The van der Waals surface area contributed by atoms with E-state index in [1.54, 1.807) is 12.1 Å². The van der Waals surface area contributed by atoms with Crippen LogP contribution in [-0.2, 0) is 6.54 Å². The Balaban J connectivity index is 1.58. The summed E-state index contributed by atoms with van der Waals surface area (Å²) >= 11 is 0. The Bertz CT molecular complexity index is 448. The first-order chi connectivity index (χ1) is 9.26. The highest BCUT2D eigenvalue weighted by atomic mass is 19.1. The molecule has 3 atom stereocenters. The van der Waals surface area contributed by atoms with Crippen LogP contribution in [0.1, 0.15) is 31.2 Å². The summed E-state index contributed by atoms with van der Waals surface area (Å²) in [6.45, 7) is 1.37. The topological polar surface area (TPSA) is 21.3 Å². The minimum atomic E-state index is -0.240. The molecule has 0 aromatic heterocycles. The second kappa shape index (κ2) is 5.49. The number of hydrogen-bond donors (Lipinski definition) is 1. The van der Waals surface area contributed by atoms with E-state index in [1.807, 2.05) is 13.1 Å². The monoisotopic (exact) mass is 263 g/mol. The van der Waals surface area contributed by atoms with Crippen LogP contribution in [-0.4, -0.2) is 13.7 Å². The zero-order valence-electron chi connectivity index (χ0n) is 11.5. The van der Waals surface area contributed by atoms with Crippen molar-refractivity contribution in [3.63, 3.8) is 0 Å². The van der Waals surface area contributed by atoms with E-state index < -0.39 is 0 Å². The molecular formula is C16H22FNO. The van der Waals surface area contributed by atoms with Gasteiger partial charge in [0.2, 0.25) is 0 Å². The summed E-state index contributed by atoms with van der Waals surface area (Å²) in [6, 6.07) is 5.25. The van der Waals surface area contributed by atoms with Crippen molar-refractivity contribution in [3.8, 4) is 5.75 Å². The van der Waals surface area contributed by atoms with Crippen LogP contribution in [0, 0.1) is 23.6 Å². The van der Waals surface area contributed by atoms with Crippen molar-refractivity contribution in [3.05, 3.63) is 29.6 Å². The van der Waals surface area contributed by atoms with Gasteiger partial charge in [0.15, 0.2) is 11.6 Å². The molecule has 2 aliphatic carbocycles. The van der Waals surface area contributed by atoms with Crippen molar-refractivity contribution in [2.75, 3.05) is 13.7 Å². The van der Waals surface area contributed by atoms with Gasteiger partial charge in [0.1, 0.15) is 0 Å². The Morgan fingerprint density at radius 3 is 2.84 bits per heavy atom. The van der Waals surface area contributed by atoms with E-state index in [-0.39, 0.29) is 5.82 Å². The van der Waals surface area contributed by atoms with Gasteiger partial charge < -0.3 is 10.1 Å². The summed E-state index contributed by atoms with van der Waals surface area (Å²) in [5.41, 5.74) is 0.951. The molecule has 0 radical (unpaired) electrons. The Labute approximate surface area is 114 Å². The highest BCUT2D eigenvalue weighted by Crippen LogP contribution is 2.48. The predicted octanol–water partition coefficient (Wildman–Crippen LogP) is 3.36. The summed E-state index contributed by atoms with van der Waals surface area (Å²) in [4.78, 5) is 0. The summed E-state index contributed by atoms with van der Waals surface area (Å²) in [5, 5.41) is 3.02. The summed E-state index contributed by atoms with van der Waals surface area (Å²) in [7, 11) is 1.86. The van der Waals surface area contributed by atoms with Crippen LogP contribution in [0.5, 0.6) is 5.75 Å². The fraction of sp³-hybridized carbons (Fsp3) is 0.625. The van der Waals surface area contributed by atoms with Gasteiger partial charge in [-0.3, -0.25) is 0 Å². The molecule has 2 bridgehead atoms. The van der Waals surface area contributed by atoms with Gasteiger partial charge in [-0.05, 0) is 61.8 Å². The molecule has 2 fully saturated rings. The van der Waals surface area contributed by atoms with Crippen molar-refractivity contribution in [1.82, 2.24) is 5.32 Å². The average Bonchev–Trinajstić information content (AvgIpc) is 3.00. The highest BCUT2D eigenvalue weighted by Gasteiger charge is 2.39. The first-order valence-electron chi connectivity index (χ1n) is 7.32. The lowest BCUT2D eigenvalue weighted by atomic mass is 9.89. The smallest absolute Gasteiger partial charge is 0.165 e. The van der Waals surface area contributed by atoms with Gasteiger partial charge in [0.25, 0.3) is 0 Å². The molecule has 3 unspecified atom stereocenters. The van der Waals surface area contributed by atoms with E-state index in [2.05, 4.69) is 5.32 Å². The molecule has 0 heterocycles. The maximum atomic E-state index is 13.9. The number of ether oxygens (including phenoxy) is 1. The summed E-state index contributed by atoms with van der Waals surface area (Å²) in [5.74, 6) is 2.56. The van der Waals surface area contributed by atoms with Gasteiger partial charge in [-0.1, -0.05) is 12.5 Å².